The number of methoxy groups -OCH3 is 1. The van der Waals surface area contributed by atoms with Crippen LogP contribution in [-0.4, -0.2) is 37.6 Å². The number of rotatable bonds is 8. The second kappa shape index (κ2) is 9.69. The lowest BCUT2D eigenvalue weighted by molar-refractivity contribution is -0.121. The van der Waals surface area contributed by atoms with E-state index in [2.05, 4.69) is 16.3 Å². The third kappa shape index (κ3) is 5.10. The highest BCUT2D eigenvalue weighted by atomic mass is 19.1. The fourth-order valence-corrected chi connectivity index (χ4v) is 3.90. The van der Waals surface area contributed by atoms with Gasteiger partial charge in [0.15, 0.2) is 0 Å². The molecule has 1 amide bonds. The largest absolute Gasteiger partial charge is 0.496 e. The Morgan fingerprint density at radius 3 is 2.50 bits per heavy atom. The van der Waals surface area contributed by atoms with E-state index in [0.717, 1.165) is 30.0 Å². The van der Waals surface area contributed by atoms with Gasteiger partial charge in [-0.1, -0.05) is 37.3 Å². The van der Waals surface area contributed by atoms with Crippen molar-refractivity contribution in [2.75, 3.05) is 26.7 Å². The number of para-hydroxylation sites is 1. The summed E-state index contributed by atoms with van der Waals surface area (Å²) in [6.07, 6.45) is 2.74. The zero-order chi connectivity index (χ0) is 19.9. The minimum atomic E-state index is -0.259. The molecule has 0 bridgehead atoms. The van der Waals surface area contributed by atoms with Crippen LogP contribution in [0, 0.1) is 5.82 Å². The summed E-state index contributed by atoms with van der Waals surface area (Å²) in [6, 6.07) is 14.5. The van der Waals surface area contributed by atoms with Crippen LogP contribution in [0.5, 0.6) is 5.75 Å². The lowest BCUT2D eigenvalue weighted by Crippen LogP contribution is -2.37. The lowest BCUT2D eigenvalue weighted by Gasteiger charge is -2.29. The van der Waals surface area contributed by atoms with Gasteiger partial charge in [-0.2, -0.15) is 0 Å². The standard InChI is InChI=1S/C23H29FN2O2/c1-17(18-9-11-19(24)12-10-18)15-23(27)25-16-21(26-13-5-6-14-26)20-7-3-4-8-22(20)28-2/h3-4,7-12,17,21H,5-6,13-16H2,1-2H3,(H,25,27). The average Bonchev–Trinajstić information content (AvgIpc) is 3.23. The molecule has 4 nitrogen and oxygen atoms in total. The third-order valence-corrected chi connectivity index (χ3v) is 5.50. The Morgan fingerprint density at radius 1 is 1.14 bits per heavy atom. The van der Waals surface area contributed by atoms with Gasteiger partial charge in [0, 0.05) is 18.5 Å². The zero-order valence-electron chi connectivity index (χ0n) is 16.7. The molecule has 2 atom stereocenters. The summed E-state index contributed by atoms with van der Waals surface area (Å²) in [5, 5.41) is 3.11. The first kappa shape index (κ1) is 20.3. The number of benzene rings is 2. The quantitative estimate of drug-likeness (QED) is 0.739. The molecular weight excluding hydrogens is 355 g/mol. The molecule has 1 N–H and O–H groups in total. The summed E-state index contributed by atoms with van der Waals surface area (Å²) in [6.45, 7) is 4.61. The molecule has 3 rings (SSSR count). The number of nitrogens with one attached hydrogen (secondary N) is 1. The SMILES string of the molecule is COc1ccccc1C(CNC(=O)CC(C)c1ccc(F)cc1)N1CCCC1. The summed E-state index contributed by atoms with van der Waals surface area (Å²) >= 11 is 0. The Bertz CT molecular complexity index is 772. The van der Waals surface area contributed by atoms with Crippen molar-refractivity contribution in [1.29, 1.82) is 0 Å². The normalized spacial score (nSPS) is 16.5. The van der Waals surface area contributed by atoms with Gasteiger partial charge >= 0.3 is 0 Å². The number of amides is 1. The molecule has 1 aliphatic heterocycles. The predicted octanol–water partition coefficient (Wildman–Crippen LogP) is 4.28. The van der Waals surface area contributed by atoms with E-state index in [4.69, 9.17) is 4.74 Å². The molecule has 2 aromatic rings. The van der Waals surface area contributed by atoms with Crippen molar-refractivity contribution in [3.8, 4) is 5.75 Å². The molecule has 0 aliphatic carbocycles. The lowest BCUT2D eigenvalue weighted by atomic mass is 9.97. The molecule has 1 aliphatic rings. The smallest absolute Gasteiger partial charge is 0.220 e. The highest BCUT2D eigenvalue weighted by Gasteiger charge is 2.26. The molecule has 1 heterocycles. The maximum atomic E-state index is 13.1. The summed E-state index contributed by atoms with van der Waals surface area (Å²) in [5.74, 6) is 0.645. The molecule has 0 radical (unpaired) electrons. The first-order valence-electron chi connectivity index (χ1n) is 9.97. The topological polar surface area (TPSA) is 41.6 Å². The van der Waals surface area contributed by atoms with Crippen molar-refractivity contribution in [2.24, 2.45) is 0 Å². The van der Waals surface area contributed by atoms with Crippen LogP contribution in [-0.2, 0) is 4.79 Å². The Morgan fingerprint density at radius 2 is 1.82 bits per heavy atom. The van der Waals surface area contributed by atoms with Crippen molar-refractivity contribution in [3.63, 3.8) is 0 Å². The van der Waals surface area contributed by atoms with E-state index in [1.54, 1.807) is 19.2 Å². The molecule has 28 heavy (non-hydrogen) atoms. The van der Waals surface area contributed by atoms with Gasteiger partial charge in [-0.15, -0.1) is 0 Å². The molecule has 2 unspecified atom stereocenters. The summed E-state index contributed by atoms with van der Waals surface area (Å²) in [7, 11) is 1.68. The number of carbonyl (C=O) groups excluding carboxylic acids is 1. The minimum Gasteiger partial charge on any atom is -0.496 e. The van der Waals surface area contributed by atoms with Crippen LogP contribution < -0.4 is 10.1 Å². The van der Waals surface area contributed by atoms with Crippen molar-refractivity contribution >= 4 is 5.91 Å². The molecule has 0 aromatic heterocycles. The number of hydrogen-bond donors (Lipinski definition) is 1. The second-order valence-corrected chi connectivity index (χ2v) is 7.46. The van der Waals surface area contributed by atoms with E-state index in [9.17, 15) is 9.18 Å². The first-order valence-corrected chi connectivity index (χ1v) is 9.97. The maximum Gasteiger partial charge on any atom is 0.220 e. The van der Waals surface area contributed by atoms with Crippen LogP contribution in [0.4, 0.5) is 4.39 Å². The zero-order valence-corrected chi connectivity index (χ0v) is 16.7. The fourth-order valence-electron chi connectivity index (χ4n) is 3.90. The predicted molar refractivity (Wildman–Crippen MR) is 109 cm³/mol. The average molecular weight is 384 g/mol. The van der Waals surface area contributed by atoms with Gasteiger partial charge < -0.3 is 10.1 Å². The van der Waals surface area contributed by atoms with Crippen LogP contribution in [0.2, 0.25) is 0 Å². The van der Waals surface area contributed by atoms with Gasteiger partial charge in [0.1, 0.15) is 11.6 Å². The minimum absolute atomic E-state index is 0.0101. The molecule has 1 saturated heterocycles. The third-order valence-electron chi connectivity index (χ3n) is 5.50. The molecule has 0 spiro atoms. The Hall–Kier alpha value is -2.40. The van der Waals surface area contributed by atoms with Crippen LogP contribution in [0.15, 0.2) is 48.5 Å². The van der Waals surface area contributed by atoms with Gasteiger partial charge in [0.2, 0.25) is 5.91 Å². The van der Waals surface area contributed by atoms with E-state index in [-0.39, 0.29) is 23.7 Å². The summed E-state index contributed by atoms with van der Waals surface area (Å²) in [5.41, 5.74) is 2.08. The maximum absolute atomic E-state index is 13.1. The highest BCUT2D eigenvalue weighted by Crippen LogP contribution is 2.31. The summed E-state index contributed by atoms with van der Waals surface area (Å²) < 4.78 is 18.7. The van der Waals surface area contributed by atoms with Crippen molar-refractivity contribution in [3.05, 3.63) is 65.5 Å². The van der Waals surface area contributed by atoms with Gasteiger partial charge in [-0.05, 0) is 55.6 Å². The van der Waals surface area contributed by atoms with Crippen molar-refractivity contribution in [1.82, 2.24) is 10.2 Å². The number of carbonyl (C=O) groups is 1. The van der Waals surface area contributed by atoms with Gasteiger partial charge in [-0.25, -0.2) is 4.39 Å². The molecule has 150 valence electrons. The van der Waals surface area contributed by atoms with Crippen molar-refractivity contribution in [2.45, 2.75) is 38.1 Å². The second-order valence-electron chi connectivity index (χ2n) is 7.46. The summed E-state index contributed by atoms with van der Waals surface area (Å²) in [4.78, 5) is 15.0. The van der Waals surface area contributed by atoms with E-state index < -0.39 is 0 Å². The number of nitrogens with zero attached hydrogens (tertiary/aromatic N) is 1. The molecule has 1 fully saturated rings. The molecule has 5 heteroatoms. The van der Waals surface area contributed by atoms with E-state index in [1.807, 2.05) is 25.1 Å². The number of hydrogen-bond acceptors (Lipinski definition) is 3. The van der Waals surface area contributed by atoms with Crippen LogP contribution in [0.1, 0.15) is 49.3 Å². The van der Waals surface area contributed by atoms with E-state index in [0.29, 0.717) is 13.0 Å². The van der Waals surface area contributed by atoms with Crippen molar-refractivity contribution < 1.29 is 13.9 Å². The Balaban J connectivity index is 1.64. The van der Waals surface area contributed by atoms with Gasteiger partial charge in [0.05, 0.1) is 13.2 Å². The first-order chi connectivity index (χ1) is 13.6. The van der Waals surface area contributed by atoms with E-state index >= 15 is 0 Å². The van der Waals surface area contributed by atoms with Gasteiger partial charge in [-0.3, -0.25) is 9.69 Å². The highest BCUT2D eigenvalue weighted by molar-refractivity contribution is 5.76. The van der Waals surface area contributed by atoms with Crippen LogP contribution in [0.3, 0.4) is 0 Å². The number of likely N-dealkylation sites (tertiary alicyclic amines) is 1. The molecular formula is C23H29FN2O2. The van der Waals surface area contributed by atoms with E-state index in [1.165, 1.54) is 25.0 Å². The molecule has 2 aromatic carbocycles. The van der Waals surface area contributed by atoms with Crippen LogP contribution in [0.25, 0.3) is 0 Å². The Kier molecular flexibility index (Phi) is 7.04. The van der Waals surface area contributed by atoms with Gasteiger partial charge in [0.25, 0.3) is 0 Å². The monoisotopic (exact) mass is 384 g/mol. The fraction of sp³-hybridized carbons (Fsp3) is 0.435. The molecule has 0 saturated carbocycles. The number of halogens is 1. The van der Waals surface area contributed by atoms with Crippen LogP contribution >= 0.6 is 0 Å². The Labute approximate surface area is 166 Å². The number of ether oxygens (including phenoxy) is 1.